The molecule has 3 aromatic rings. The normalized spacial score (nSPS) is 19.4. The Bertz CT molecular complexity index is 959. The zero-order valence-corrected chi connectivity index (χ0v) is 15.9. The summed E-state index contributed by atoms with van der Waals surface area (Å²) in [6, 6.07) is 11.3. The minimum atomic E-state index is -0.0916. The molecule has 0 spiro atoms. The van der Waals surface area contributed by atoms with Crippen LogP contribution in [0.5, 0.6) is 5.88 Å². The molecule has 28 heavy (non-hydrogen) atoms. The Balaban J connectivity index is 1.55. The molecule has 1 saturated heterocycles. The number of hydrogen-bond acceptors (Lipinski definition) is 6. The largest absolute Gasteiger partial charge is 0.472 e. The third-order valence-electron chi connectivity index (χ3n) is 4.98. The van der Waals surface area contributed by atoms with Crippen LogP contribution in [-0.2, 0) is 0 Å². The number of likely N-dealkylation sites (tertiary alicyclic amines) is 1. The Morgan fingerprint density at radius 1 is 1.21 bits per heavy atom. The van der Waals surface area contributed by atoms with Gasteiger partial charge in [-0.1, -0.05) is 12.1 Å². The van der Waals surface area contributed by atoms with Crippen LogP contribution < -0.4 is 4.74 Å². The first-order valence-electron chi connectivity index (χ1n) is 9.34. The molecule has 0 N–H and O–H groups in total. The number of carbonyl (C=O) groups is 1. The van der Waals surface area contributed by atoms with Crippen molar-refractivity contribution >= 4 is 5.91 Å². The van der Waals surface area contributed by atoms with Gasteiger partial charge in [0.25, 0.3) is 5.91 Å². The summed E-state index contributed by atoms with van der Waals surface area (Å²) >= 11 is 0. The molecule has 1 aliphatic heterocycles. The van der Waals surface area contributed by atoms with Crippen molar-refractivity contribution in [2.24, 2.45) is 0 Å². The van der Waals surface area contributed by atoms with Gasteiger partial charge in [-0.3, -0.25) is 4.79 Å². The maximum atomic E-state index is 13.3. The van der Waals surface area contributed by atoms with E-state index in [2.05, 4.69) is 27.3 Å². The number of ether oxygens (including phenoxy) is 1. The summed E-state index contributed by atoms with van der Waals surface area (Å²) in [6.07, 6.45) is 4.74. The highest BCUT2D eigenvalue weighted by Gasteiger charge is 2.32. The quantitative estimate of drug-likeness (QED) is 0.693. The lowest BCUT2D eigenvalue weighted by Gasteiger charge is -2.38. The van der Waals surface area contributed by atoms with Gasteiger partial charge < -0.3 is 9.64 Å². The molecule has 4 rings (SSSR count). The number of hydrogen-bond donors (Lipinski definition) is 0. The second-order valence-electron chi connectivity index (χ2n) is 7.04. The summed E-state index contributed by atoms with van der Waals surface area (Å²) in [4.78, 5) is 20.8. The summed E-state index contributed by atoms with van der Waals surface area (Å²) in [5, 5.41) is 11.7. The van der Waals surface area contributed by atoms with E-state index < -0.39 is 0 Å². The molecule has 0 saturated carbocycles. The standard InChI is InChI=1S/C20H22N6O2/c1-14-9-10-21-19(11-14)28-16-8-7-15(2)25(12-16)20(27)17-5-3-4-6-18(17)26-23-13-22-24-26/h3-6,9-11,13,15-16H,7-8,12H2,1-2H3. The molecule has 3 heterocycles. The van der Waals surface area contributed by atoms with E-state index in [1.165, 1.54) is 11.1 Å². The van der Waals surface area contributed by atoms with Crippen LogP contribution in [0.4, 0.5) is 0 Å². The van der Waals surface area contributed by atoms with Crippen molar-refractivity contribution in [2.45, 2.75) is 38.8 Å². The van der Waals surface area contributed by atoms with Gasteiger partial charge in [0.2, 0.25) is 5.88 Å². The Hall–Kier alpha value is -3.29. The van der Waals surface area contributed by atoms with Crippen molar-refractivity contribution in [2.75, 3.05) is 6.54 Å². The average molecular weight is 378 g/mol. The summed E-state index contributed by atoms with van der Waals surface area (Å²) in [5.41, 5.74) is 2.25. The highest BCUT2D eigenvalue weighted by atomic mass is 16.5. The van der Waals surface area contributed by atoms with E-state index in [1.54, 1.807) is 12.3 Å². The lowest BCUT2D eigenvalue weighted by molar-refractivity contribution is 0.0372. The lowest BCUT2D eigenvalue weighted by atomic mass is 9.99. The summed E-state index contributed by atoms with van der Waals surface area (Å²) in [5.74, 6) is 0.532. The highest BCUT2D eigenvalue weighted by molar-refractivity contribution is 5.98. The van der Waals surface area contributed by atoms with Crippen LogP contribution in [0.1, 0.15) is 35.7 Å². The smallest absolute Gasteiger partial charge is 0.256 e. The van der Waals surface area contributed by atoms with Crippen molar-refractivity contribution in [1.29, 1.82) is 0 Å². The fourth-order valence-electron chi connectivity index (χ4n) is 3.46. The predicted molar refractivity (Wildman–Crippen MR) is 102 cm³/mol. The fraction of sp³-hybridized carbons (Fsp3) is 0.350. The zero-order valence-electron chi connectivity index (χ0n) is 15.9. The Morgan fingerprint density at radius 2 is 2.07 bits per heavy atom. The number of tetrazole rings is 1. The number of rotatable bonds is 4. The molecular weight excluding hydrogens is 356 g/mol. The molecule has 2 unspecified atom stereocenters. The number of amides is 1. The monoisotopic (exact) mass is 378 g/mol. The van der Waals surface area contributed by atoms with Gasteiger partial charge in [0.15, 0.2) is 6.33 Å². The topological polar surface area (TPSA) is 86.0 Å². The average Bonchev–Trinajstić information content (AvgIpc) is 3.24. The first kappa shape index (κ1) is 18.1. The molecule has 0 bridgehead atoms. The summed E-state index contributed by atoms with van der Waals surface area (Å²) < 4.78 is 6.06. The van der Waals surface area contributed by atoms with Gasteiger partial charge >= 0.3 is 0 Å². The third kappa shape index (κ3) is 3.71. The van der Waals surface area contributed by atoms with E-state index in [-0.39, 0.29) is 18.1 Å². The van der Waals surface area contributed by atoms with Crippen LogP contribution in [0, 0.1) is 6.92 Å². The molecule has 2 atom stereocenters. The number of benzene rings is 1. The molecule has 2 aromatic heterocycles. The summed E-state index contributed by atoms with van der Waals surface area (Å²) in [6.45, 7) is 4.58. The van der Waals surface area contributed by atoms with Crippen molar-refractivity contribution < 1.29 is 9.53 Å². The van der Waals surface area contributed by atoms with E-state index >= 15 is 0 Å². The molecule has 0 radical (unpaired) electrons. The van der Waals surface area contributed by atoms with Crippen LogP contribution in [0.15, 0.2) is 48.9 Å². The maximum Gasteiger partial charge on any atom is 0.256 e. The van der Waals surface area contributed by atoms with Gasteiger partial charge in [-0.05, 0) is 55.7 Å². The van der Waals surface area contributed by atoms with E-state index in [4.69, 9.17) is 4.74 Å². The third-order valence-corrected chi connectivity index (χ3v) is 4.98. The number of pyridine rings is 1. The summed E-state index contributed by atoms with van der Waals surface area (Å²) in [7, 11) is 0. The predicted octanol–water partition coefficient (Wildman–Crippen LogP) is 2.44. The second-order valence-corrected chi connectivity index (χ2v) is 7.04. The van der Waals surface area contributed by atoms with Crippen molar-refractivity contribution in [3.8, 4) is 11.6 Å². The van der Waals surface area contributed by atoms with Gasteiger partial charge in [-0.2, -0.15) is 0 Å². The van der Waals surface area contributed by atoms with Gasteiger partial charge in [0.05, 0.1) is 12.1 Å². The zero-order chi connectivity index (χ0) is 19.5. The molecule has 8 heteroatoms. The van der Waals surface area contributed by atoms with Gasteiger partial charge in [-0.25, -0.2) is 4.98 Å². The number of para-hydroxylation sites is 1. The Labute approximate surface area is 163 Å². The van der Waals surface area contributed by atoms with Gasteiger partial charge in [-0.15, -0.1) is 15.0 Å². The molecule has 1 aliphatic rings. The molecular formula is C20H22N6O2. The lowest BCUT2D eigenvalue weighted by Crippen LogP contribution is -2.49. The Kier molecular flexibility index (Phi) is 5.01. The minimum Gasteiger partial charge on any atom is -0.472 e. The number of aryl methyl sites for hydroxylation is 1. The minimum absolute atomic E-state index is 0.0640. The van der Waals surface area contributed by atoms with Crippen LogP contribution in [0.25, 0.3) is 5.69 Å². The van der Waals surface area contributed by atoms with Gasteiger partial charge in [0.1, 0.15) is 11.8 Å². The maximum absolute atomic E-state index is 13.3. The van der Waals surface area contributed by atoms with E-state index in [9.17, 15) is 4.79 Å². The number of piperidine rings is 1. The van der Waals surface area contributed by atoms with E-state index in [0.717, 1.165) is 18.4 Å². The highest BCUT2D eigenvalue weighted by Crippen LogP contribution is 2.25. The van der Waals surface area contributed by atoms with Crippen LogP contribution in [0.2, 0.25) is 0 Å². The van der Waals surface area contributed by atoms with Crippen molar-refractivity contribution in [3.63, 3.8) is 0 Å². The molecule has 1 amide bonds. The molecule has 1 fully saturated rings. The SMILES string of the molecule is Cc1ccnc(OC2CCC(C)N(C(=O)c3ccccc3-n3ncnn3)C2)c1. The number of carbonyl (C=O) groups excluding carboxylic acids is 1. The van der Waals surface area contributed by atoms with Gasteiger partial charge in [0, 0.05) is 18.3 Å². The van der Waals surface area contributed by atoms with Crippen LogP contribution in [-0.4, -0.2) is 54.7 Å². The van der Waals surface area contributed by atoms with Crippen molar-refractivity contribution in [3.05, 3.63) is 60.0 Å². The van der Waals surface area contributed by atoms with Crippen LogP contribution >= 0.6 is 0 Å². The second kappa shape index (κ2) is 7.75. The van der Waals surface area contributed by atoms with E-state index in [1.807, 2.05) is 42.2 Å². The number of nitrogens with zero attached hydrogens (tertiary/aromatic N) is 6. The first-order valence-corrected chi connectivity index (χ1v) is 9.34. The van der Waals surface area contributed by atoms with Crippen molar-refractivity contribution in [1.82, 2.24) is 30.1 Å². The molecule has 144 valence electrons. The Morgan fingerprint density at radius 3 is 2.86 bits per heavy atom. The molecule has 1 aromatic carbocycles. The van der Waals surface area contributed by atoms with E-state index in [0.29, 0.717) is 23.7 Å². The molecule has 8 nitrogen and oxygen atoms in total. The first-order chi connectivity index (χ1) is 13.6. The molecule has 0 aliphatic carbocycles. The fourth-order valence-corrected chi connectivity index (χ4v) is 3.46. The van der Waals surface area contributed by atoms with Crippen LogP contribution in [0.3, 0.4) is 0 Å². The number of aromatic nitrogens is 5.